The summed E-state index contributed by atoms with van der Waals surface area (Å²) in [5.74, 6) is 0. The van der Waals surface area contributed by atoms with Crippen LogP contribution in [0.1, 0.15) is 5.69 Å². The second-order valence-electron chi connectivity index (χ2n) is 3.33. The molecular formula is C10H14ClN3OS. The Kier molecular flexibility index (Phi) is 4.95. The standard InChI is InChI=1S/C10H13N3OS.ClH/c11-8(7-14)6-9-2-1-4-13(9)10-12-3-5-15-10;/h1-5,8,14H,6-7,11H2;1H. The smallest absolute Gasteiger partial charge is 0.193 e. The SMILES string of the molecule is Cl.NC(CO)Cc1cccn1-c1nccs1. The third-order valence-corrected chi connectivity index (χ3v) is 2.94. The first-order valence-corrected chi connectivity index (χ1v) is 5.61. The van der Waals surface area contributed by atoms with E-state index in [0.29, 0.717) is 6.42 Å². The number of aliphatic hydroxyl groups excluding tert-OH is 1. The van der Waals surface area contributed by atoms with Gasteiger partial charge in [0.05, 0.1) is 6.61 Å². The maximum atomic E-state index is 8.91. The van der Waals surface area contributed by atoms with E-state index >= 15 is 0 Å². The predicted octanol–water partition coefficient (Wildman–Crippen LogP) is 1.22. The van der Waals surface area contributed by atoms with Gasteiger partial charge in [-0.05, 0) is 12.1 Å². The zero-order chi connectivity index (χ0) is 10.7. The van der Waals surface area contributed by atoms with Gasteiger partial charge < -0.3 is 10.8 Å². The number of nitrogens with zero attached hydrogens (tertiary/aromatic N) is 2. The van der Waals surface area contributed by atoms with E-state index in [9.17, 15) is 0 Å². The minimum absolute atomic E-state index is 0. The van der Waals surface area contributed by atoms with Crippen molar-refractivity contribution in [1.29, 1.82) is 0 Å². The highest BCUT2D eigenvalue weighted by molar-refractivity contribution is 7.12. The van der Waals surface area contributed by atoms with Gasteiger partial charge in [-0.2, -0.15) is 0 Å². The molecule has 0 spiro atoms. The Morgan fingerprint density at radius 2 is 2.38 bits per heavy atom. The topological polar surface area (TPSA) is 64.1 Å². The molecule has 2 aromatic rings. The quantitative estimate of drug-likeness (QED) is 0.868. The fourth-order valence-corrected chi connectivity index (χ4v) is 2.09. The van der Waals surface area contributed by atoms with Crippen molar-refractivity contribution in [2.45, 2.75) is 12.5 Å². The molecule has 4 nitrogen and oxygen atoms in total. The van der Waals surface area contributed by atoms with Gasteiger partial charge in [0.15, 0.2) is 5.13 Å². The molecule has 0 radical (unpaired) electrons. The van der Waals surface area contributed by atoms with Crippen molar-refractivity contribution >= 4 is 23.7 Å². The van der Waals surface area contributed by atoms with Crippen LogP contribution in [0, 0.1) is 0 Å². The van der Waals surface area contributed by atoms with Gasteiger partial charge in [-0.3, -0.25) is 4.57 Å². The van der Waals surface area contributed by atoms with Crippen molar-refractivity contribution in [3.63, 3.8) is 0 Å². The molecule has 3 N–H and O–H groups in total. The summed E-state index contributed by atoms with van der Waals surface area (Å²) in [6.45, 7) is 0.00302. The maximum absolute atomic E-state index is 8.91. The van der Waals surface area contributed by atoms with Crippen molar-refractivity contribution < 1.29 is 5.11 Å². The van der Waals surface area contributed by atoms with Gasteiger partial charge in [0, 0.05) is 35.9 Å². The van der Waals surface area contributed by atoms with Crippen molar-refractivity contribution in [2.24, 2.45) is 5.73 Å². The summed E-state index contributed by atoms with van der Waals surface area (Å²) in [4.78, 5) is 4.23. The zero-order valence-electron chi connectivity index (χ0n) is 8.61. The lowest BCUT2D eigenvalue weighted by Gasteiger charge is -2.09. The largest absolute Gasteiger partial charge is 0.395 e. The summed E-state index contributed by atoms with van der Waals surface area (Å²) in [5, 5.41) is 11.8. The lowest BCUT2D eigenvalue weighted by molar-refractivity contribution is 0.264. The van der Waals surface area contributed by atoms with Gasteiger partial charge >= 0.3 is 0 Å². The average Bonchev–Trinajstić information content (AvgIpc) is 2.86. The molecule has 1 atom stereocenters. The highest BCUT2D eigenvalue weighted by atomic mass is 35.5. The van der Waals surface area contributed by atoms with Gasteiger partial charge in [-0.25, -0.2) is 4.98 Å². The molecule has 0 aromatic carbocycles. The van der Waals surface area contributed by atoms with Crippen LogP contribution in [-0.2, 0) is 6.42 Å². The Labute approximate surface area is 104 Å². The molecule has 0 aliphatic rings. The normalized spacial score (nSPS) is 12.1. The Morgan fingerprint density at radius 3 is 3.00 bits per heavy atom. The molecule has 2 heterocycles. The summed E-state index contributed by atoms with van der Waals surface area (Å²) in [6, 6.07) is 3.75. The van der Waals surface area contributed by atoms with Gasteiger partial charge in [0.1, 0.15) is 0 Å². The van der Waals surface area contributed by atoms with E-state index in [0.717, 1.165) is 10.8 Å². The van der Waals surface area contributed by atoms with Crippen LogP contribution in [0.2, 0.25) is 0 Å². The Hall–Kier alpha value is -0.880. The van der Waals surface area contributed by atoms with E-state index in [-0.39, 0.29) is 25.1 Å². The summed E-state index contributed by atoms with van der Waals surface area (Å²) in [7, 11) is 0. The second kappa shape index (κ2) is 6.00. The number of aromatic nitrogens is 2. The van der Waals surface area contributed by atoms with Crippen LogP contribution in [0.15, 0.2) is 29.9 Å². The molecule has 0 saturated heterocycles. The van der Waals surface area contributed by atoms with Crippen LogP contribution in [0.5, 0.6) is 0 Å². The van der Waals surface area contributed by atoms with Crippen LogP contribution < -0.4 is 5.73 Å². The van der Waals surface area contributed by atoms with E-state index in [1.54, 1.807) is 17.5 Å². The molecule has 16 heavy (non-hydrogen) atoms. The van der Waals surface area contributed by atoms with Gasteiger partial charge in [0.25, 0.3) is 0 Å². The first kappa shape index (κ1) is 13.2. The highest BCUT2D eigenvalue weighted by Gasteiger charge is 2.08. The van der Waals surface area contributed by atoms with Crippen LogP contribution in [-0.4, -0.2) is 27.3 Å². The molecule has 6 heteroatoms. The van der Waals surface area contributed by atoms with Crippen LogP contribution in [0.3, 0.4) is 0 Å². The molecule has 0 aliphatic carbocycles. The molecule has 0 amide bonds. The highest BCUT2D eigenvalue weighted by Crippen LogP contribution is 2.15. The fourth-order valence-electron chi connectivity index (χ4n) is 1.44. The number of thiazole rings is 1. The Balaban J connectivity index is 0.00000128. The maximum Gasteiger partial charge on any atom is 0.193 e. The van der Waals surface area contributed by atoms with Crippen molar-refractivity contribution in [2.75, 3.05) is 6.61 Å². The van der Waals surface area contributed by atoms with Gasteiger partial charge in [0.2, 0.25) is 0 Å². The summed E-state index contributed by atoms with van der Waals surface area (Å²) in [5.41, 5.74) is 6.78. The monoisotopic (exact) mass is 259 g/mol. The minimum atomic E-state index is -0.210. The Bertz CT molecular complexity index is 415. The van der Waals surface area contributed by atoms with Crippen LogP contribution in [0.4, 0.5) is 0 Å². The fraction of sp³-hybridized carbons (Fsp3) is 0.300. The van der Waals surface area contributed by atoms with Gasteiger partial charge in [-0.1, -0.05) is 0 Å². The molecule has 2 rings (SSSR count). The van der Waals surface area contributed by atoms with E-state index in [1.807, 2.05) is 28.3 Å². The lowest BCUT2D eigenvalue weighted by atomic mass is 10.2. The molecule has 1 unspecified atom stereocenters. The Morgan fingerprint density at radius 1 is 1.56 bits per heavy atom. The van der Waals surface area contributed by atoms with Crippen molar-refractivity contribution in [3.05, 3.63) is 35.6 Å². The molecule has 0 saturated carbocycles. The van der Waals surface area contributed by atoms with Crippen LogP contribution in [0.25, 0.3) is 5.13 Å². The molecule has 0 aliphatic heterocycles. The number of hydrogen-bond acceptors (Lipinski definition) is 4. The molecule has 0 bridgehead atoms. The molecule has 2 aromatic heterocycles. The zero-order valence-corrected chi connectivity index (χ0v) is 10.2. The molecule has 88 valence electrons. The number of nitrogens with two attached hydrogens (primary N) is 1. The van der Waals surface area contributed by atoms with Crippen LogP contribution >= 0.6 is 23.7 Å². The number of aliphatic hydroxyl groups is 1. The average molecular weight is 260 g/mol. The van der Waals surface area contributed by atoms with E-state index in [1.165, 1.54) is 0 Å². The first-order chi connectivity index (χ1) is 7.31. The molecule has 0 fully saturated rings. The van der Waals surface area contributed by atoms with Gasteiger partial charge in [-0.15, -0.1) is 23.7 Å². The summed E-state index contributed by atoms with van der Waals surface area (Å²) >= 11 is 1.58. The predicted molar refractivity (Wildman–Crippen MR) is 67.5 cm³/mol. The molecular weight excluding hydrogens is 246 g/mol. The van der Waals surface area contributed by atoms with E-state index < -0.39 is 0 Å². The number of halogens is 1. The van der Waals surface area contributed by atoms with Crippen molar-refractivity contribution in [1.82, 2.24) is 9.55 Å². The number of hydrogen-bond donors (Lipinski definition) is 2. The third kappa shape index (κ3) is 2.82. The van der Waals surface area contributed by atoms with E-state index in [2.05, 4.69) is 4.98 Å². The lowest BCUT2D eigenvalue weighted by Crippen LogP contribution is -2.27. The summed E-state index contributed by atoms with van der Waals surface area (Å²) < 4.78 is 2.00. The first-order valence-electron chi connectivity index (χ1n) is 4.74. The number of rotatable bonds is 4. The second-order valence-corrected chi connectivity index (χ2v) is 4.20. The third-order valence-electron chi connectivity index (χ3n) is 2.16. The van der Waals surface area contributed by atoms with Crippen molar-refractivity contribution in [3.8, 4) is 5.13 Å². The van der Waals surface area contributed by atoms with E-state index in [4.69, 9.17) is 10.8 Å². The summed E-state index contributed by atoms with van der Waals surface area (Å²) in [6.07, 6.45) is 4.39. The minimum Gasteiger partial charge on any atom is -0.395 e.